The minimum atomic E-state index is -0.766. The number of rotatable bonds is 3. The van der Waals surface area contributed by atoms with Gasteiger partial charge in [0.15, 0.2) is 11.6 Å². The van der Waals surface area contributed by atoms with Crippen molar-refractivity contribution in [2.24, 2.45) is 0 Å². The summed E-state index contributed by atoms with van der Waals surface area (Å²) < 4.78 is 27.1. The molecule has 1 nitrogen and oxygen atoms in total. The molecule has 20 heavy (non-hydrogen) atoms. The first-order valence-corrected chi connectivity index (χ1v) is 6.97. The molecule has 1 atom stereocenters. The van der Waals surface area contributed by atoms with Crippen LogP contribution < -0.4 is 0 Å². The molecule has 1 unspecified atom stereocenters. The highest BCUT2D eigenvalue weighted by atomic mass is 19.2. The minimum absolute atomic E-state index is 0.305. The van der Waals surface area contributed by atoms with Crippen LogP contribution in [0.4, 0.5) is 8.78 Å². The first-order valence-electron chi connectivity index (χ1n) is 6.97. The van der Waals surface area contributed by atoms with E-state index < -0.39 is 11.6 Å². The van der Waals surface area contributed by atoms with E-state index in [1.165, 1.54) is 5.56 Å². The lowest BCUT2D eigenvalue weighted by atomic mass is 10.0. The summed E-state index contributed by atoms with van der Waals surface area (Å²) in [5.74, 6) is -1.48. The van der Waals surface area contributed by atoms with Crippen LogP contribution in [0.5, 0.6) is 0 Å². The van der Waals surface area contributed by atoms with Crippen LogP contribution in [-0.2, 0) is 6.54 Å². The van der Waals surface area contributed by atoms with Crippen molar-refractivity contribution in [2.45, 2.75) is 25.4 Å². The molecule has 0 amide bonds. The fraction of sp³-hybridized carbons (Fsp3) is 0.294. The molecule has 1 aliphatic heterocycles. The van der Waals surface area contributed by atoms with E-state index in [1.807, 2.05) is 18.2 Å². The lowest BCUT2D eigenvalue weighted by Gasteiger charge is -2.25. The zero-order valence-electron chi connectivity index (χ0n) is 11.2. The average Bonchev–Trinajstić information content (AvgIpc) is 2.93. The molecule has 3 heteroatoms. The third-order valence-electron chi connectivity index (χ3n) is 3.95. The highest BCUT2D eigenvalue weighted by Crippen LogP contribution is 2.33. The average molecular weight is 273 g/mol. The summed E-state index contributed by atoms with van der Waals surface area (Å²) in [5.41, 5.74) is 1.69. The first kappa shape index (κ1) is 13.3. The van der Waals surface area contributed by atoms with E-state index in [0.29, 0.717) is 18.2 Å². The van der Waals surface area contributed by atoms with Gasteiger partial charge in [-0.3, -0.25) is 4.90 Å². The van der Waals surface area contributed by atoms with Gasteiger partial charge in [0.2, 0.25) is 0 Å². The monoisotopic (exact) mass is 273 g/mol. The Bertz CT molecular complexity index is 583. The van der Waals surface area contributed by atoms with Gasteiger partial charge in [-0.15, -0.1) is 0 Å². The van der Waals surface area contributed by atoms with E-state index in [4.69, 9.17) is 0 Å². The topological polar surface area (TPSA) is 3.24 Å². The van der Waals surface area contributed by atoms with Crippen molar-refractivity contribution in [2.75, 3.05) is 6.54 Å². The summed E-state index contributed by atoms with van der Waals surface area (Å²) >= 11 is 0. The molecule has 0 aromatic heterocycles. The number of hydrogen-bond acceptors (Lipinski definition) is 1. The van der Waals surface area contributed by atoms with Gasteiger partial charge in [0.05, 0.1) is 0 Å². The van der Waals surface area contributed by atoms with Crippen LogP contribution in [-0.4, -0.2) is 11.4 Å². The van der Waals surface area contributed by atoms with Gasteiger partial charge < -0.3 is 0 Å². The lowest BCUT2D eigenvalue weighted by molar-refractivity contribution is 0.244. The highest BCUT2D eigenvalue weighted by molar-refractivity contribution is 5.22. The predicted octanol–water partition coefficient (Wildman–Crippen LogP) is 4.30. The fourth-order valence-electron chi connectivity index (χ4n) is 2.96. The summed E-state index contributed by atoms with van der Waals surface area (Å²) in [4.78, 5) is 2.23. The number of benzene rings is 2. The van der Waals surface area contributed by atoms with Crippen molar-refractivity contribution >= 4 is 0 Å². The Labute approximate surface area is 117 Å². The van der Waals surface area contributed by atoms with Crippen molar-refractivity contribution in [1.82, 2.24) is 4.90 Å². The van der Waals surface area contributed by atoms with Crippen molar-refractivity contribution in [1.29, 1.82) is 0 Å². The standard InChI is InChI=1S/C17H17F2N/c18-15-9-4-8-14(17(15)19)12-20-11-5-10-16(20)13-6-2-1-3-7-13/h1-4,6-9,16H,5,10-12H2. The van der Waals surface area contributed by atoms with Crippen molar-refractivity contribution in [3.05, 3.63) is 71.3 Å². The zero-order chi connectivity index (χ0) is 13.9. The van der Waals surface area contributed by atoms with E-state index in [0.717, 1.165) is 25.5 Å². The molecule has 2 aromatic rings. The Morgan fingerprint density at radius 1 is 1.00 bits per heavy atom. The Balaban J connectivity index is 1.81. The molecule has 0 bridgehead atoms. The van der Waals surface area contributed by atoms with Crippen LogP contribution in [0.25, 0.3) is 0 Å². The molecule has 0 spiro atoms. The summed E-state index contributed by atoms with van der Waals surface area (Å²) in [5, 5.41) is 0. The van der Waals surface area contributed by atoms with Gasteiger partial charge >= 0.3 is 0 Å². The molecule has 0 radical (unpaired) electrons. The molecule has 104 valence electrons. The molecule has 1 aliphatic rings. The van der Waals surface area contributed by atoms with Crippen molar-refractivity contribution in [3.8, 4) is 0 Å². The van der Waals surface area contributed by atoms with Gasteiger partial charge in [0, 0.05) is 18.2 Å². The van der Waals surface area contributed by atoms with Gasteiger partial charge in [0.1, 0.15) is 0 Å². The molecule has 1 fully saturated rings. The quantitative estimate of drug-likeness (QED) is 0.805. The van der Waals surface area contributed by atoms with Crippen LogP contribution in [0.3, 0.4) is 0 Å². The third kappa shape index (κ3) is 2.59. The molecule has 0 aliphatic carbocycles. The number of hydrogen-bond donors (Lipinski definition) is 0. The smallest absolute Gasteiger partial charge is 0.163 e. The lowest BCUT2D eigenvalue weighted by Crippen LogP contribution is -2.23. The zero-order valence-corrected chi connectivity index (χ0v) is 11.2. The van der Waals surface area contributed by atoms with E-state index in [2.05, 4.69) is 17.0 Å². The number of likely N-dealkylation sites (tertiary alicyclic amines) is 1. The Morgan fingerprint density at radius 2 is 1.80 bits per heavy atom. The Morgan fingerprint density at radius 3 is 2.60 bits per heavy atom. The van der Waals surface area contributed by atoms with Gasteiger partial charge in [-0.05, 0) is 31.0 Å². The van der Waals surface area contributed by atoms with E-state index in [9.17, 15) is 8.78 Å². The number of nitrogens with zero attached hydrogens (tertiary/aromatic N) is 1. The first-order chi connectivity index (χ1) is 9.75. The largest absolute Gasteiger partial charge is 0.292 e. The maximum absolute atomic E-state index is 13.8. The summed E-state index contributed by atoms with van der Waals surface area (Å²) in [6.07, 6.45) is 2.16. The van der Waals surface area contributed by atoms with E-state index >= 15 is 0 Å². The van der Waals surface area contributed by atoms with Crippen LogP contribution in [0.15, 0.2) is 48.5 Å². The maximum Gasteiger partial charge on any atom is 0.163 e. The fourth-order valence-corrected chi connectivity index (χ4v) is 2.96. The molecule has 0 saturated carbocycles. The third-order valence-corrected chi connectivity index (χ3v) is 3.95. The van der Waals surface area contributed by atoms with E-state index in [-0.39, 0.29) is 0 Å². The molecule has 0 N–H and O–H groups in total. The SMILES string of the molecule is Fc1cccc(CN2CCCC2c2ccccc2)c1F. The van der Waals surface area contributed by atoms with Gasteiger partial charge in [-0.2, -0.15) is 0 Å². The van der Waals surface area contributed by atoms with Crippen LogP contribution >= 0.6 is 0 Å². The Hall–Kier alpha value is -1.74. The molecule has 1 saturated heterocycles. The summed E-state index contributed by atoms with van der Waals surface area (Å²) in [6.45, 7) is 1.39. The van der Waals surface area contributed by atoms with Crippen LogP contribution in [0.2, 0.25) is 0 Å². The minimum Gasteiger partial charge on any atom is -0.292 e. The predicted molar refractivity (Wildman–Crippen MR) is 75.2 cm³/mol. The summed E-state index contributed by atoms with van der Waals surface area (Å²) in [6, 6.07) is 14.9. The Kier molecular flexibility index (Phi) is 3.79. The van der Waals surface area contributed by atoms with Crippen LogP contribution in [0.1, 0.15) is 30.0 Å². The second-order valence-electron chi connectivity index (χ2n) is 5.25. The van der Waals surface area contributed by atoms with Crippen molar-refractivity contribution in [3.63, 3.8) is 0 Å². The molecule has 1 heterocycles. The van der Waals surface area contributed by atoms with Crippen LogP contribution in [0, 0.1) is 11.6 Å². The molecular weight excluding hydrogens is 256 g/mol. The molecular formula is C17H17F2N. The second-order valence-corrected chi connectivity index (χ2v) is 5.25. The maximum atomic E-state index is 13.8. The second kappa shape index (κ2) is 5.71. The van der Waals surface area contributed by atoms with E-state index in [1.54, 1.807) is 12.1 Å². The highest BCUT2D eigenvalue weighted by Gasteiger charge is 2.26. The molecule has 3 rings (SSSR count). The normalized spacial score (nSPS) is 19.4. The van der Waals surface area contributed by atoms with Crippen molar-refractivity contribution < 1.29 is 8.78 Å². The van der Waals surface area contributed by atoms with Gasteiger partial charge in [-0.1, -0.05) is 42.5 Å². The van der Waals surface area contributed by atoms with Gasteiger partial charge in [-0.25, -0.2) is 8.78 Å². The summed E-state index contributed by atoms with van der Waals surface area (Å²) in [7, 11) is 0. The van der Waals surface area contributed by atoms with Gasteiger partial charge in [0.25, 0.3) is 0 Å². The molecule has 2 aromatic carbocycles. The number of halogens is 2.